The molecule has 6 heteroatoms. The normalized spacial score (nSPS) is 11.0. The van der Waals surface area contributed by atoms with Crippen molar-refractivity contribution in [2.45, 2.75) is 26.2 Å². The summed E-state index contributed by atoms with van der Waals surface area (Å²) >= 11 is 6.06. The van der Waals surface area contributed by atoms with Crippen LogP contribution < -0.4 is 5.32 Å². The van der Waals surface area contributed by atoms with E-state index in [1.54, 1.807) is 12.3 Å². The number of fused-ring (bicyclic) bond motifs is 1. The summed E-state index contributed by atoms with van der Waals surface area (Å²) in [6.45, 7) is 2.04. The highest BCUT2D eigenvalue weighted by atomic mass is 35.5. The smallest absolute Gasteiger partial charge is 0.224 e. The van der Waals surface area contributed by atoms with Crippen LogP contribution in [0, 0.1) is 0 Å². The predicted octanol–water partition coefficient (Wildman–Crippen LogP) is 5.21. The van der Waals surface area contributed by atoms with E-state index in [1.165, 1.54) is 0 Å². The molecule has 0 bridgehead atoms. The van der Waals surface area contributed by atoms with Gasteiger partial charge in [-0.25, -0.2) is 9.97 Å². The van der Waals surface area contributed by atoms with Crippen LogP contribution in [0.1, 0.15) is 24.7 Å². The predicted molar refractivity (Wildman–Crippen MR) is 117 cm³/mol. The standard InChI is InChI=1S/C23H21ClN4O/c1-2-16-15-17(24)10-11-19(16)27-22(29)13-12-21-26-20-9-6-14-25-23(20)28(21)18-7-4-3-5-8-18/h3-11,14-15H,2,12-13H2,1H3,(H,27,29). The Hall–Kier alpha value is -3.18. The highest BCUT2D eigenvalue weighted by Gasteiger charge is 2.15. The lowest BCUT2D eigenvalue weighted by atomic mass is 10.1. The van der Waals surface area contributed by atoms with Crippen molar-refractivity contribution >= 4 is 34.4 Å². The Balaban J connectivity index is 1.57. The van der Waals surface area contributed by atoms with Crippen molar-refractivity contribution in [2.75, 3.05) is 5.32 Å². The third kappa shape index (κ3) is 4.15. The molecule has 4 aromatic rings. The lowest BCUT2D eigenvalue weighted by molar-refractivity contribution is -0.116. The van der Waals surface area contributed by atoms with Gasteiger partial charge in [-0.1, -0.05) is 36.7 Å². The number of nitrogens with zero attached hydrogens (tertiary/aromatic N) is 3. The molecule has 0 atom stereocenters. The first-order valence-electron chi connectivity index (χ1n) is 9.61. The molecule has 0 aliphatic carbocycles. The molecular weight excluding hydrogens is 384 g/mol. The second kappa shape index (κ2) is 8.45. The Bertz CT molecular complexity index is 1150. The van der Waals surface area contributed by atoms with E-state index in [2.05, 4.69) is 10.3 Å². The maximum atomic E-state index is 12.6. The van der Waals surface area contributed by atoms with Crippen LogP contribution >= 0.6 is 11.6 Å². The topological polar surface area (TPSA) is 59.8 Å². The fourth-order valence-electron chi connectivity index (χ4n) is 3.39. The molecule has 2 heterocycles. The van der Waals surface area contributed by atoms with Crippen LogP contribution in [-0.2, 0) is 17.6 Å². The third-order valence-corrected chi connectivity index (χ3v) is 5.03. The minimum atomic E-state index is -0.0540. The van der Waals surface area contributed by atoms with Gasteiger partial charge in [-0.05, 0) is 54.4 Å². The number of benzene rings is 2. The molecule has 2 aromatic heterocycles. The molecule has 4 rings (SSSR count). The molecule has 0 saturated heterocycles. The monoisotopic (exact) mass is 404 g/mol. The van der Waals surface area contributed by atoms with E-state index >= 15 is 0 Å². The molecule has 0 spiro atoms. The van der Waals surface area contributed by atoms with Gasteiger partial charge < -0.3 is 5.32 Å². The van der Waals surface area contributed by atoms with Crippen molar-refractivity contribution in [3.05, 3.63) is 83.3 Å². The molecule has 0 aliphatic rings. The van der Waals surface area contributed by atoms with Crippen molar-refractivity contribution in [1.29, 1.82) is 0 Å². The van der Waals surface area contributed by atoms with E-state index in [0.717, 1.165) is 40.3 Å². The summed E-state index contributed by atoms with van der Waals surface area (Å²) in [7, 11) is 0. The van der Waals surface area contributed by atoms with E-state index in [9.17, 15) is 4.79 Å². The molecular formula is C23H21ClN4O. The number of halogens is 1. The van der Waals surface area contributed by atoms with Crippen LogP contribution in [-0.4, -0.2) is 20.4 Å². The van der Waals surface area contributed by atoms with Crippen LogP contribution in [0.5, 0.6) is 0 Å². The Labute approximate surface area is 174 Å². The van der Waals surface area contributed by atoms with E-state index in [0.29, 0.717) is 17.9 Å². The van der Waals surface area contributed by atoms with Crippen LogP contribution in [0.25, 0.3) is 16.9 Å². The fraction of sp³-hybridized carbons (Fsp3) is 0.174. The molecule has 29 heavy (non-hydrogen) atoms. The van der Waals surface area contributed by atoms with Crippen LogP contribution in [0.15, 0.2) is 66.9 Å². The second-order valence-corrected chi connectivity index (χ2v) is 7.18. The number of carbonyl (C=O) groups excluding carboxylic acids is 1. The Morgan fingerprint density at radius 2 is 1.93 bits per heavy atom. The van der Waals surface area contributed by atoms with Gasteiger partial charge in [0.1, 0.15) is 11.3 Å². The van der Waals surface area contributed by atoms with Crippen molar-refractivity contribution in [3.8, 4) is 5.69 Å². The summed E-state index contributed by atoms with van der Waals surface area (Å²) in [5.41, 5.74) is 4.42. The summed E-state index contributed by atoms with van der Waals surface area (Å²) in [5.74, 6) is 0.758. The zero-order valence-corrected chi connectivity index (χ0v) is 16.9. The Kier molecular flexibility index (Phi) is 5.58. The van der Waals surface area contributed by atoms with Gasteiger partial charge in [-0.3, -0.25) is 9.36 Å². The Morgan fingerprint density at radius 1 is 1.10 bits per heavy atom. The zero-order valence-electron chi connectivity index (χ0n) is 16.1. The molecule has 1 N–H and O–H groups in total. The van der Waals surface area contributed by atoms with Crippen molar-refractivity contribution in [1.82, 2.24) is 14.5 Å². The molecule has 5 nitrogen and oxygen atoms in total. The van der Waals surface area contributed by atoms with Crippen molar-refractivity contribution in [2.24, 2.45) is 0 Å². The lowest BCUT2D eigenvalue weighted by Crippen LogP contribution is -2.15. The minimum absolute atomic E-state index is 0.0540. The van der Waals surface area contributed by atoms with E-state index in [-0.39, 0.29) is 5.91 Å². The number of pyridine rings is 1. The van der Waals surface area contributed by atoms with Gasteiger partial charge in [-0.2, -0.15) is 0 Å². The molecule has 0 aliphatic heterocycles. The van der Waals surface area contributed by atoms with E-state index in [4.69, 9.17) is 16.6 Å². The maximum Gasteiger partial charge on any atom is 0.224 e. The van der Waals surface area contributed by atoms with Gasteiger partial charge in [0.2, 0.25) is 5.91 Å². The molecule has 0 unspecified atom stereocenters. The first-order chi connectivity index (χ1) is 14.2. The first kappa shape index (κ1) is 19.2. The summed E-state index contributed by atoms with van der Waals surface area (Å²) < 4.78 is 2.02. The summed E-state index contributed by atoms with van der Waals surface area (Å²) in [6, 6.07) is 19.3. The largest absolute Gasteiger partial charge is 0.326 e. The second-order valence-electron chi connectivity index (χ2n) is 6.75. The number of rotatable bonds is 6. The number of hydrogen-bond acceptors (Lipinski definition) is 3. The molecule has 2 aromatic carbocycles. The molecule has 1 amide bonds. The highest BCUT2D eigenvalue weighted by molar-refractivity contribution is 6.30. The number of carbonyl (C=O) groups is 1. The number of hydrogen-bond donors (Lipinski definition) is 1. The summed E-state index contributed by atoms with van der Waals surface area (Å²) in [4.78, 5) is 21.8. The lowest BCUT2D eigenvalue weighted by Gasteiger charge is -2.11. The SMILES string of the molecule is CCc1cc(Cl)ccc1NC(=O)CCc1nc2cccnc2n1-c1ccccc1. The van der Waals surface area contributed by atoms with Crippen LogP contribution in [0.4, 0.5) is 5.69 Å². The number of amides is 1. The average molecular weight is 405 g/mol. The molecule has 146 valence electrons. The molecule has 0 radical (unpaired) electrons. The van der Waals surface area contributed by atoms with Crippen molar-refractivity contribution < 1.29 is 4.79 Å². The molecule has 0 saturated carbocycles. The van der Waals surface area contributed by atoms with Crippen molar-refractivity contribution in [3.63, 3.8) is 0 Å². The van der Waals surface area contributed by atoms with Gasteiger partial charge in [0, 0.05) is 35.4 Å². The number of imidazole rings is 1. The number of nitrogens with one attached hydrogen (secondary N) is 1. The minimum Gasteiger partial charge on any atom is -0.326 e. The maximum absolute atomic E-state index is 12.6. The summed E-state index contributed by atoms with van der Waals surface area (Å²) in [5, 5.41) is 3.67. The third-order valence-electron chi connectivity index (χ3n) is 4.80. The van der Waals surface area contributed by atoms with Gasteiger partial charge >= 0.3 is 0 Å². The molecule has 0 fully saturated rings. The zero-order chi connectivity index (χ0) is 20.2. The van der Waals surface area contributed by atoms with E-state index < -0.39 is 0 Å². The average Bonchev–Trinajstić information content (AvgIpc) is 3.12. The number of para-hydroxylation sites is 1. The van der Waals surface area contributed by atoms with Gasteiger partial charge in [0.15, 0.2) is 5.65 Å². The fourth-order valence-corrected chi connectivity index (χ4v) is 3.58. The quantitative estimate of drug-likeness (QED) is 0.480. The first-order valence-corrected chi connectivity index (χ1v) is 9.99. The van der Waals surface area contributed by atoms with Gasteiger partial charge in [-0.15, -0.1) is 0 Å². The van der Waals surface area contributed by atoms with Gasteiger partial charge in [0.05, 0.1) is 0 Å². The van der Waals surface area contributed by atoms with Gasteiger partial charge in [0.25, 0.3) is 0 Å². The van der Waals surface area contributed by atoms with E-state index in [1.807, 2.05) is 66.1 Å². The van der Waals surface area contributed by atoms with Crippen LogP contribution in [0.3, 0.4) is 0 Å². The Morgan fingerprint density at radius 3 is 2.72 bits per heavy atom. The van der Waals surface area contributed by atoms with Crippen LogP contribution in [0.2, 0.25) is 5.02 Å². The number of aromatic nitrogens is 3. The number of aryl methyl sites for hydroxylation is 2. The number of anilines is 1. The highest BCUT2D eigenvalue weighted by Crippen LogP contribution is 2.23. The summed E-state index contributed by atoms with van der Waals surface area (Å²) in [6.07, 6.45) is 3.38.